The Morgan fingerprint density at radius 1 is 1.25 bits per heavy atom. The van der Waals surface area contributed by atoms with E-state index in [9.17, 15) is 9.59 Å². The first-order valence-electron chi connectivity index (χ1n) is 5.16. The first-order chi connectivity index (χ1) is 7.02. The van der Waals surface area contributed by atoms with Gasteiger partial charge in [-0.25, -0.2) is 9.59 Å². The maximum Gasteiger partial charge on any atom is 0.328 e. The Morgan fingerprint density at radius 2 is 1.75 bits per heavy atom. The molecular weight excluding hydrogens is 224 g/mol. The summed E-state index contributed by atoms with van der Waals surface area (Å²) in [6, 6.07) is 0.840. The van der Waals surface area contributed by atoms with Crippen LogP contribution in [0.25, 0.3) is 0 Å². The van der Waals surface area contributed by atoms with Crippen LogP contribution in [0.3, 0.4) is 0 Å². The van der Waals surface area contributed by atoms with Gasteiger partial charge in [0.15, 0.2) is 0 Å². The Morgan fingerprint density at radius 3 is 2.12 bits per heavy atom. The van der Waals surface area contributed by atoms with Crippen LogP contribution in [0, 0.1) is 5.41 Å². The zero-order chi connectivity index (χ0) is 13.0. The molecule has 0 aromatic rings. The van der Waals surface area contributed by atoms with Gasteiger partial charge in [-0.15, -0.1) is 0 Å². The van der Waals surface area contributed by atoms with E-state index in [2.05, 4.69) is 20.8 Å². The first-order valence-corrected chi connectivity index (χ1v) is 8.27. The van der Waals surface area contributed by atoms with E-state index in [1.807, 2.05) is 13.1 Å². The molecular formula is C11H20O4Si. The van der Waals surface area contributed by atoms with Gasteiger partial charge in [0, 0.05) is 12.2 Å². The van der Waals surface area contributed by atoms with Gasteiger partial charge in [0.25, 0.3) is 0 Å². The van der Waals surface area contributed by atoms with E-state index in [1.54, 1.807) is 0 Å². The summed E-state index contributed by atoms with van der Waals surface area (Å²) in [5.74, 6) is -1.71. The molecule has 16 heavy (non-hydrogen) atoms. The number of aliphatic carboxylic acids is 1. The van der Waals surface area contributed by atoms with Crippen molar-refractivity contribution < 1.29 is 19.1 Å². The molecule has 0 radical (unpaired) electrons. The summed E-state index contributed by atoms with van der Waals surface area (Å²) in [5, 5.41) is 8.36. The molecule has 0 amide bonds. The number of rotatable bonds is 4. The van der Waals surface area contributed by atoms with Gasteiger partial charge in [0.2, 0.25) is 8.32 Å². The number of carboxylic acids is 1. The van der Waals surface area contributed by atoms with Gasteiger partial charge in [-0.1, -0.05) is 20.8 Å². The molecule has 5 heteroatoms. The lowest BCUT2D eigenvalue weighted by Gasteiger charge is -2.29. The van der Waals surface area contributed by atoms with E-state index in [0.717, 1.165) is 18.2 Å². The van der Waals surface area contributed by atoms with Crippen molar-refractivity contribution >= 4 is 20.3 Å². The average molecular weight is 244 g/mol. The Hall–Kier alpha value is -1.10. The number of carbonyl (C=O) groups is 2. The molecule has 92 valence electrons. The van der Waals surface area contributed by atoms with E-state index in [4.69, 9.17) is 9.53 Å². The lowest BCUT2D eigenvalue weighted by Crippen LogP contribution is -2.36. The van der Waals surface area contributed by atoms with Gasteiger partial charge in [-0.2, -0.15) is 0 Å². The molecule has 0 saturated heterocycles. The number of hydrogen-bond acceptors (Lipinski definition) is 3. The van der Waals surface area contributed by atoms with Crippen LogP contribution in [0.1, 0.15) is 20.8 Å². The zero-order valence-corrected chi connectivity index (χ0v) is 11.5. The summed E-state index contributed by atoms with van der Waals surface area (Å²) in [5.41, 5.74) is 0.104. The standard InChI is InChI=1S/C11H20O4Si/c1-11(2,3)8-16(4,5)15-10(14)7-6-9(12)13/h6-7H,8H2,1-5H3,(H,12,13). The quantitative estimate of drug-likeness (QED) is 0.609. The van der Waals surface area contributed by atoms with E-state index in [0.29, 0.717) is 0 Å². The molecule has 0 unspecified atom stereocenters. The molecule has 0 aliphatic carbocycles. The number of carbonyl (C=O) groups excluding carboxylic acids is 1. The Labute approximate surface area is 97.4 Å². The summed E-state index contributed by atoms with van der Waals surface area (Å²) in [4.78, 5) is 21.5. The van der Waals surface area contributed by atoms with Crippen LogP contribution in [-0.2, 0) is 14.0 Å². The predicted octanol–water partition coefficient (Wildman–Crippen LogP) is 2.42. The molecule has 0 aromatic carbocycles. The molecule has 1 N–H and O–H groups in total. The predicted molar refractivity (Wildman–Crippen MR) is 64.6 cm³/mol. The van der Waals surface area contributed by atoms with Crippen LogP contribution < -0.4 is 0 Å². The highest BCUT2D eigenvalue weighted by Gasteiger charge is 2.31. The van der Waals surface area contributed by atoms with Crippen molar-refractivity contribution in [2.75, 3.05) is 0 Å². The molecule has 0 spiro atoms. The van der Waals surface area contributed by atoms with Gasteiger partial charge in [-0.3, -0.25) is 0 Å². The van der Waals surface area contributed by atoms with Crippen molar-refractivity contribution in [3.63, 3.8) is 0 Å². The highest BCUT2D eigenvalue weighted by atomic mass is 28.4. The molecule has 0 saturated carbocycles. The molecule has 0 heterocycles. The highest BCUT2D eigenvalue weighted by Crippen LogP contribution is 2.28. The fourth-order valence-electron chi connectivity index (χ4n) is 1.76. The molecule has 4 nitrogen and oxygen atoms in total. The van der Waals surface area contributed by atoms with Crippen LogP contribution in [0.15, 0.2) is 12.2 Å². The Kier molecular flexibility index (Phi) is 4.93. The molecule has 0 bridgehead atoms. The minimum Gasteiger partial charge on any atom is -0.517 e. The SMILES string of the molecule is CC(C)(C)C[Si](C)(C)OC(=O)C=CC(=O)O. The summed E-state index contributed by atoms with van der Waals surface area (Å²) in [7, 11) is -2.07. The topological polar surface area (TPSA) is 63.6 Å². The van der Waals surface area contributed by atoms with E-state index < -0.39 is 20.3 Å². The van der Waals surface area contributed by atoms with Gasteiger partial charge in [0.05, 0.1) is 0 Å². The van der Waals surface area contributed by atoms with Crippen LogP contribution in [-0.4, -0.2) is 25.4 Å². The minimum atomic E-state index is -2.07. The smallest absolute Gasteiger partial charge is 0.328 e. The summed E-state index contributed by atoms with van der Waals surface area (Å²) >= 11 is 0. The largest absolute Gasteiger partial charge is 0.517 e. The fourth-order valence-corrected chi connectivity index (χ4v) is 5.00. The van der Waals surface area contributed by atoms with Crippen molar-refractivity contribution in [1.82, 2.24) is 0 Å². The summed E-state index contributed by atoms with van der Waals surface area (Å²) in [6.07, 6.45) is 1.75. The minimum absolute atomic E-state index is 0.104. The summed E-state index contributed by atoms with van der Waals surface area (Å²) in [6.45, 7) is 10.2. The summed E-state index contributed by atoms with van der Waals surface area (Å²) < 4.78 is 5.31. The van der Waals surface area contributed by atoms with Gasteiger partial charge in [0.1, 0.15) is 0 Å². The fraction of sp³-hybridized carbons (Fsp3) is 0.636. The molecule has 0 rings (SSSR count). The van der Waals surface area contributed by atoms with Crippen molar-refractivity contribution in [3.8, 4) is 0 Å². The lowest BCUT2D eigenvalue weighted by molar-refractivity contribution is -0.133. The van der Waals surface area contributed by atoms with Crippen LogP contribution in [0.5, 0.6) is 0 Å². The normalized spacial score (nSPS) is 12.8. The van der Waals surface area contributed by atoms with Crippen molar-refractivity contribution in [1.29, 1.82) is 0 Å². The van der Waals surface area contributed by atoms with Gasteiger partial charge in [-0.05, 0) is 24.6 Å². The third-order valence-corrected chi connectivity index (χ3v) is 4.36. The maximum absolute atomic E-state index is 11.3. The lowest BCUT2D eigenvalue weighted by atomic mass is 10.0. The van der Waals surface area contributed by atoms with Crippen LogP contribution >= 0.6 is 0 Å². The van der Waals surface area contributed by atoms with E-state index in [-0.39, 0.29) is 5.41 Å². The number of hydrogen-bond donors (Lipinski definition) is 1. The molecule has 0 aromatic heterocycles. The van der Waals surface area contributed by atoms with Gasteiger partial charge < -0.3 is 9.53 Å². The maximum atomic E-state index is 11.3. The van der Waals surface area contributed by atoms with E-state index >= 15 is 0 Å². The third-order valence-electron chi connectivity index (χ3n) is 1.69. The number of carboxylic acid groups (broad SMARTS) is 1. The average Bonchev–Trinajstić information content (AvgIpc) is 1.94. The second-order valence-corrected chi connectivity index (χ2v) is 9.67. The first kappa shape index (κ1) is 14.9. The monoisotopic (exact) mass is 244 g/mol. The third kappa shape index (κ3) is 8.23. The van der Waals surface area contributed by atoms with Gasteiger partial charge >= 0.3 is 11.9 Å². The van der Waals surface area contributed by atoms with Crippen molar-refractivity contribution in [2.24, 2.45) is 5.41 Å². The zero-order valence-electron chi connectivity index (χ0n) is 10.5. The van der Waals surface area contributed by atoms with E-state index in [1.165, 1.54) is 0 Å². The van der Waals surface area contributed by atoms with Crippen LogP contribution in [0.2, 0.25) is 19.1 Å². The Bertz CT molecular complexity index is 300. The molecule has 0 aliphatic heterocycles. The second kappa shape index (κ2) is 5.29. The highest BCUT2D eigenvalue weighted by molar-refractivity contribution is 6.72. The molecule has 0 aliphatic rings. The molecule has 0 atom stereocenters. The molecule has 0 fully saturated rings. The second-order valence-electron chi connectivity index (χ2n) is 5.59. The van der Waals surface area contributed by atoms with Crippen molar-refractivity contribution in [2.45, 2.75) is 39.9 Å². The Balaban J connectivity index is 4.37. The van der Waals surface area contributed by atoms with Crippen molar-refractivity contribution in [3.05, 3.63) is 12.2 Å². The van der Waals surface area contributed by atoms with Crippen LogP contribution in [0.4, 0.5) is 0 Å².